The van der Waals surface area contributed by atoms with E-state index in [9.17, 15) is 0 Å². The molecule has 0 aromatic rings. The van der Waals surface area contributed by atoms with Gasteiger partial charge in [-0.2, -0.15) is 0 Å². The molecule has 0 heterocycles. The normalized spacial score (nSPS) is 11.8. The molecule has 0 saturated carbocycles. The van der Waals surface area contributed by atoms with E-state index in [1.807, 2.05) is 13.8 Å². The zero-order valence-corrected chi connectivity index (χ0v) is 10.8. The van der Waals surface area contributed by atoms with Gasteiger partial charge >= 0.3 is 0 Å². The van der Waals surface area contributed by atoms with Crippen molar-refractivity contribution in [3.8, 4) is 0 Å². The van der Waals surface area contributed by atoms with E-state index in [2.05, 4.69) is 4.74 Å². The van der Waals surface area contributed by atoms with Crippen molar-refractivity contribution in [2.75, 3.05) is 52.9 Å². The third-order valence-corrected chi connectivity index (χ3v) is 1.51. The third-order valence-electron chi connectivity index (χ3n) is 1.51. The van der Waals surface area contributed by atoms with E-state index >= 15 is 0 Å². The molecule has 1 atom stereocenters. The lowest BCUT2D eigenvalue weighted by molar-refractivity contribution is -0.0100. The lowest BCUT2D eigenvalue weighted by Crippen LogP contribution is -2.16. The van der Waals surface area contributed by atoms with Crippen LogP contribution in [-0.4, -0.2) is 74.3 Å². The zero-order valence-electron chi connectivity index (χ0n) is 10.8. The summed E-state index contributed by atoms with van der Waals surface area (Å²) in [4.78, 5) is 0. The van der Waals surface area contributed by atoms with Gasteiger partial charge < -0.3 is 29.5 Å². The first-order valence-corrected chi connectivity index (χ1v) is 5.82. The lowest BCUT2D eigenvalue weighted by atomic mass is 10.4. The van der Waals surface area contributed by atoms with Crippen molar-refractivity contribution >= 4 is 0 Å². The molecule has 0 bridgehead atoms. The molecule has 0 fully saturated rings. The quantitative estimate of drug-likeness (QED) is 0.452. The number of ether oxygens (including phenoxy) is 3. The van der Waals surface area contributed by atoms with Crippen LogP contribution in [0.4, 0.5) is 0 Å². The molecular weight excluding hydrogens is 228 g/mol. The summed E-state index contributed by atoms with van der Waals surface area (Å²) in [6.45, 7) is 6.35. The Kier molecular flexibility index (Phi) is 20.4. The summed E-state index contributed by atoms with van der Waals surface area (Å²) in [6.07, 6.45) is 0.136. The predicted octanol–water partition coefficient (Wildman–Crippen LogP) is -0.592. The largest absolute Gasteiger partial charge is 0.394 e. The first kappa shape index (κ1) is 19.1. The van der Waals surface area contributed by atoms with Gasteiger partial charge in [-0.15, -0.1) is 0 Å². The molecule has 6 heteroatoms. The Morgan fingerprint density at radius 3 is 1.76 bits per heavy atom. The first-order chi connectivity index (χ1) is 8.22. The molecule has 6 nitrogen and oxygen atoms in total. The summed E-state index contributed by atoms with van der Waals surface area (Å²) in [6, 6.07) is 0. The van der Waals surface area contributed by atoms with Gasteiger partial charge in [-0.25, -0.2) is 0 Å². The minimum atomic E-state index is 0.0278. The van der Waals surface area contributed by atoms with Crippen molar-refractivity contribution < 1.29 is 29.5 Å². The highest BCUT2D eigenvalue weighted by atomic mass is 16.5. The van der Waals surface area contributed by atoms with E-state index in [0.29, 0.717) is 33.0 Å². The Balaban J connectivity index is 0. The van der Waals surface area contributed by atoms with E-state index in [1.165, 1.54) is 0 Å². The van der Waals surface area contributed by atoms with Gasteiger partial charge in [-0.1, -0.05) is 0 Å². The summed E-state index contributed by atoms with van der Waals surface area (Å²) < 4.78 is 14.8. The number of hydrogen-bond donors (Lipinski definition) is 3. The molecule has 106 valence electrons. The third kappa shape index (κ3) is 21.6. The highest BCUT2D eigenvalue weighted by Gasteiger charge is 1.98. The van der Waals surface area contributed by atoms with E-state index < -0.39 is 0 Å². The molecule has 17 heavy (non-hydrogen) atoms. The van der Waals surface area contributed by atoms with E-state index in [-0.39, 0.29) is 25.9 Å². The fourth-order valence-corrected chi connectivity index (χ4v) is 0.878. The topological polar surface area (TPSA) is 88.4 Å². The van der Waals surface area contributed by atoms with Crippen molar-refractivity contribution in [2.24, 2.45) is 0 Å². The van der Waals surface area contributed by atoms with Crippen molar-refractivity contribution in [2.45, 2.75) is 20.0 Å². The highest BCUT2D eigenvalue weighted by Crippen LogP contribution is 1.90. The van der Waals surface area contributed by atoms with E-state index in [1.54, 1.807) is 0 Å². The van der Waals surface area contributed by atoms with Crippen LogP contribution in [0.1, 0.15) is 13.8 Å². The van der Waals surface area contributed by atoms with E-state index in [0.717, 1.165) is 0 Å². The Hall–Kier alpha value is -0.240. The van der Waals surface area contributed by atoms with Crippen molar-refractivity contribution in [1.29, 1.82) is 0 Å². The second-order valence-electron chi connectivity index (χ2n) is 3.12. The molecule has 0 amide bonds. The Bertz CT molecular complexity index is 119. The van der Waals surface area contributed by atoms with E-state index in [4.69, 9.17) is 24.8 Å². The van der Waals surface area contributed by atoms with Gasteiger partial charge in [0.1, 0.15) is 0 Å². The number of aliphatic hydroxyl groups excluding tert-OH is 3. The summed E-state index contributed by atoms with van der Waals surface area (Å²) in [5.41, 5.74) is 0. The van der Waals surface area contributed by atoms with Gasteiger partial charge in [-0.05, 0) is 13.8 Å². The predicted molar refractivity (Wildman–Crippen MR) is 64.0 cm³/mol. The Labute approximate surface area is 103 Å². The molecule has 3 N–H and O–H groups in total. The Morgan fingerprint density at radius 1 is 0.882 bits per heavy atom. The maximum Gasteiger partial charge on any atom is 0.0780 e. The molecule has 0 saturated heterocycles. The fourth-order valence-electron chi connectivity index (χ4n) is 0.878. The fraction of sp³-hybridized carbons (Fsp3) is 1.00. The number of aliphatic hydroxyl groups is 3. The van der Waals surface area contributed by atoms with Crippen molar-refractivity contribution in [3.05, 3.63) is 0 Å². The molecule has 0 aliphatic rings. The van der Waals surface area contributed by atoms with Gasteiger partial charge in [0, 0.05) is 6.61 Å². The SMILES string of the molecule is CCOC(C)COCCO.OCCOCCO. The second-order valence-corrected chi connectivity index (χ2v) is 3.12. The van der Waals surface area contributed by atoms with Gasteiger partial charge in [0.2, 0.25) is 0 Å². The standard InChI is InChI=1S/C7H16O3.C4H10O3/c1-3-10-7(2)6-9-5-4-8;5-1-3-7-4-2-6/h7-8H,3-6H2,1-2H3;5-6H,1-4H2. The zero-order chi connectivity index (χ0) is 13.4. The second kappa shape index (κ2) is 18.1. The van der Waals surface area contributed by atoms with Crippen LogP contribution in [0.3, 0.4) is 0 Å². The molecular formula is C11H26O6. The molecule has 1 unspecified atom stereocenters. The van der Waals surface area contributed by atoms with Gasteiger partial charge in [0.05, 0.1) is 52.4 Å². The molecule has 0 rings (SSSR count). The minimum Gasteiger partial charge on any atom is -0.394 e. The maximum atomic E-state index is 8.34. The summed E-state index contributed by atoms with van der Waals surface area (Å²) in [5.74, 6) is 0. The van der Waals surface area contributed by atoms with Crippen LogP contribution in [0.15, 0.2) is 0 Å². The molecule has 0 aromatic heterocycles. The van der Waals surface area contributed by atoms with Crippen LogP contribution in [0.5, 0.6) is 0 Å². The van der Waals surface area contributed by atoms with Crippen molar-refractivity contribution in [3.63, 3.8) is 0 Å². The average molecular weight is 254 g/mol. The molecule has 0 aliphatic carbocycles. The van der Waals surface area contributed by atoms with Gasteiger partial charge in [-0.3, -0.25) is 0 Å². The highest BCUT2D eigenvalue weighted by molar-refractivity contribution is 4.45. The summed E-state index contributed by atoms with van der Waals surface area (Å²) in [7, 11) is 0. The van der Waals surface area contributed by atoms with Crippen LogP contribution >= 0.6 is 0 Å². The number of hydrogen-bond acceptors (Lipinski definition) is 6. The minimum absolute atomic E-state index is 0.0278. The molecule has 0 radical (unpaired) electrons. The summed E-state index contributed by atoms with van der Waals surface area (Å²) >= 11 is 0. The summed E-state index contributed by atoms with van der Waals surface area (Å²) in [5, 5.41) is 24.5. The maximum absolute atomic E-state index is 8.34. The van der Waals surface area contributed by atoms with Gasteiger partial charge in [0.25, 0.3) is 0 Å². The molecule has 0 aliphatic heterocycles. The average Bonchev–Trinajstić information content (AvgIpc) is 2.31. The molecule has 0 spiro atoms. The van der Waals surface area contributed by atoms with Crippen LogP contribution < -0.4 is 0 Å². The van der Waals surface area contributed by atoms with Crippen LogP contribution in [-0.2, 0) is 14.2 Å². The van der Waals surface area contributed by atoms with Crippen molar-refractivity contribution in [1.82, 2.24) is 0 Å². The first-order valence-electron chi connectivity index (χ1n) is 5.82. The van der Waals surface area contributed by atoms with Crippen LogP contribution in [0.2, 0.25) is 0 Å². The number of rotatable bonds is 10. The lowest BCUT2D eigenvalue weighted by Gasteiger charge is -2.10. The molecule has 0 aromatic carbocycles. The smallest absolute Gasteiger partial charge is 0.0780 e. The monoisotopic (exact) mass is 254 g/mol. The van der Waals surface area contributed by atoms with Crippen LogP contribution in [0, 0.1) is 0 Å². The van der Waals surface area contributed by atoms with Crippen LogP contribution in [0.25, 0.3) is 0 Å². The van der Waals surface area contributed by atoms with Gasteiger partial charge in [0.15, 0.2) is 0 Å². The Morgan fingerprint density at radius 2 is 1.35 bits per heavy atom.